The molecule has 23 heavy (non-hydrogen) atoms. The minimum Gasteiger partial charge on any atom is -0.379 e. The molecule has 2 heterocycles. The smallest absolute Gasteiger partial charge is 0.272 e. The van der Waals surface area contributed by atoms with E-state index in [-0.39, 0.29) is 17.6 Å². The van der Waals surface area contributed by atoms with Gasteiger partial charge in [0, 0.05) is 32.3 Å². The molecule has 1 aliphatic heterocycles. The molecule has 1 aliphatic rings. The quantitative estimate of drug-likeness (QED) is 0.868. The maximum atomic E-state index is 13.0. The molecular formula is C17H20FN3O2. The lowest BCUT2D eigenvalue weighted by molar-refractivity contribution is 0.0726. The zero-order valence-corrected chi connectivity index (χ0v) is 13.1. The van der Waals surface area contributed by atoms with Crippen molar-refractivity contribution in [2.75, 3.05) is 26.3 Å². The van der Waals surface area contributed by atoms with Gasteiger partial charge in [0.2, 0.25) is 0 Å². The van der Waals surface area contributed by atoms with E-state index in [4.69, 9.17) is 4.74 Å². The van der Waals surface area contributed by atoms with Crippen LogP contribution in [0, 0.1) is 11.7 Å². The molecule has 1 unspecified atom stereocenters. The van der Waals surface area contributed by atoms with E-state index >= 15 is 0 Å². The topological polar surface area (TPSA) is 47.4 Å². The van der Waals surface area contributed by atoms with E-state index < -0.39 is 0 Å². The fourth-order valence-corrected chi connectivity index (χ4v) is 2.89. The second kappa shape index (κ2) is 6.91. The number of ether oxygens (including phenoxy) is 1. The SMILES string of the molecule is Cn1nccc1C(=O)N1CCOCC(Cc2ccc(F)cc2)C1. The van der Waals surface area contributed by atoms with Crippen LogP contribution >= 0.6 is 0 Å². The Balaban J connectivity index is 1.69. The van der Waals surface area contributed by atoms with E-state index in [0.717, 1.165) is 12.0 Å². The molecule has 0 aliphatic carbocycles. The minimum atomic E-state index is -0.237. The molecule has 5 nitrogen and oxygen atoms in total. The second-order valence-electron chi connectivity index (χ2n) is 5.86. The van der Waals surface area contributed by atoms with Gasteiger partial charge in [0.05, 0.1) is 13.2 Å². The zero-order valence-electron chi connectivity index (χ0n) is 13.1. The number of aryl methyl sites for hydroxylation is 1. The number of halogens is 1. The predicted molar refractivity (Wildman–Crippen MR) is 83.5 cm³/mol. The summed E-state index contributed by atoms with van der Waals surface area (Å²) in [7, 11) is 1.76. The Morgan fingerprint density at radius 1 is 1.35 bits per heavy atom. The van der Waals surface area contributed by atoms with Gasteiger partial charge in [-0.1, -0.05) is 12.1 Å². The molecule has 1 atom stereocenters. The van der Waals surface area contributed by atoms with Gasteiger partial charge in [-0.2, -0.15) is 5.10 Å². The highest BCUT2D eigenvalue weighted by atomic mass is 19.1. The third-order valence-electron chi connectivity index (χ3n) is 4.10. The number of amides is 1. The van der Waals surface area contributed by atoms with Crippen LogP contribution in [0.2, 0.25) is 0 Å². The van der Waals surface area contributed by atoms with E-state index in [9.17, 15) is 9.18 Å². The lowest BCUT2D eigenvalue weighted by Gasteiger charge is -2.23. The molecule has 1 aromatic heterocycles. The summed E-state index contributed by atoms with van der Waals surface area (Å²) in [6.07, 6.45) is 2.38. The van der Waals surface area contributed by atoms with Crippen molar-refractivity contribution in [3.05, 3.63) is 53.6 Å². The molecule has 1 fully saturated rings. The van der Waals surface area contributed by atoms with Gasteiger partial charge in [-0.3, -0.25) is 9.48 Å². The van der Waals surface area contributed by atoms with Crippen molar-refractivity contribution < 1.29 is 13.9 Å². The number of nitrogens with zero attached hydrogens (tertiary/aromatic N) is 3. The number of rotatable bonds is 3. The van der Waals surface area contributed by atoms with Crippen molar-refractivity contribution >= 4 is 5.91 Å². The Morgan fingerprint density at radius 3 is 2.83 bits per heavy atom. The highest BCUT2D eigenvalue weighted by Crippen LogP contribution is 2.16. The standard InChI is InChI=1S/C17H20FN3O2/c1-20-16(6-7-19-20)17(22)21-8-9-23-12-14(11-21)10-13-2-4-15(18)5-3-13/h2-7,14H,8-12H2,1H3. The Morgan fingerprint density at radius 2 is 2.13 bits per heavy atom. The number of carbonyl (C=O) groups excluding carboxylic acids is 1. The lowest BCUT2D eigenvalue weighted by Crippen LogP contribution is -2.37. The summed E-state index contributed by atoms with van der Waals surface area (Å²) in [6, 6.07) is 8.22. The van der Waals surface area contributed by atoms with E-state index in [1.54, 1.807) is 36.1 Å². The largest absolute Gasteiger partial charge is 0.379 e. The predicted octanol–water partition coefficient (Wildman–Crippen LogP) is 1.89. The van der Waals surface area contributed by atoms with Crippen molar-refractivity contribution in [3.63, 3.8) is 0 Å². The highest BCUT2D eigenvalue weighted by Gasteiger charge is 2.25. The van der Waals surface area contributed by atoms with Gasteiger partial charge in [0.25, 0.3) is 5.91 Å². The molecule has 6 heteroatoms. The monoisotopic (exact) mass is 317 g/mol. The molecule has 0 saturated carbocycles. The molecule has 3 rings (SSSR count). The van der Waals surface area contributed by atoms with E-state index in [2.05, 4.69) is 5.10 Å². The third-order valence-corrected chi connectivity index (χ3v) is 4.10. The Bertz CT molecular complexity index is 669. The Labute approximate surface area is 134 Å². The fourth-order valence-electron chi connectivity index (χ4n) is 2.89. The number of hydrogen-bond acceptors (Lipinski definition) is 3. The first-order valence-electron chi connectivity index (χ1n) is 7.73. The van der Waals surface area contributed by atoms with Gasteiger partial charge in [0.15, 0.2) is 0 Å². The normalized spacial score (nSPS) is 18.7. The highest BCUT2D eigenvalue weighted by molar-refractivity contribution is 5.92. The number of benzene rings is 1. The summed E-state index contributed by atoms with van der Waals surface area (Å²) in [5.74, 6) is -0.0707. The van der Waals surface area contributed by atoms with Crippen LogP contribution in [0.5, 0.6) is 0 Å². The van der Waals surface area contributed by atoms with Crippen LogP contribution < -0.4 is 0 Å². The second-order valence-corrected chi connectivity index (χ2v) is 5.86. The van der Waals surface area contributed by atoms with Gasteiger partial charge in [-0.05, 0) is 30.2 Å². The first-order valence-corrected chi connectivity index (χ1v) is 7.73. The summed E-state index contributed by atoms with van der Waals surface area (Å²) >= 11 is 0. The van der Waals surface area contributed by atoms with E-state index in [1.165, 1.54) is 12.1 Å². The maximum absolute atomic E-state index is 13.0. The Hall–Kier alpha value is -2.21. The molecule has 122 valence electrons. The van der Waals surface area contributed by atoms with Crippen molar-refractivity contribution in [1.29, 1.82) is 0 Å². The number of aromatic nitrogens is 2. The van der Waals surface area contributed by atoms with Gasteiger partial charge in [-0.25, -0.2) is 4.39 Å². The number of hydrogen-bond donors (Lipinski definition) is 0. The summed E-state index contributed by atoms with van der Waals surface area (Å²) in [4.78, 5) is 14.5. The summed E-state index contributed by atoms with van der Waals surface area (Å²) in [6.45, 7) is 2.33. The van der Waals surface area contributed by atoms with Crippen molar-refractivity contribution in [3.8, 4) is 0 Å². The molecule has 0 spiro atoms. The van der Waals surface area contributed by atoms with Gasteiger partial charge in [0.1, 0.15) is 11.5 Å². The van der Waals surface area contributed by atoms with E-state index in [1.807, 2.05) is 4.90 Å². The van der Waals surface area contributed by atoms with Crippen LogP contribution in [0.4, 0.5) is 4.39 Å². The molecule has 1 amide bonds. The van der Waals surface area contributed by atoms with Crippen molar-refractivity contribution in [1.82, 2.24) is 14.7 Å². The van der Waals surface area contributed by atoms with Gasteiger partial charge >= 0.3 is 0 Å². The average molecular weight is 317 g/mol. The molecule has 0 N–H and O–H groups in total. The first kappa shape index (κ1) is 15.7. The van der Waals surface area contributed by atoms with Crippen LogP contribution in [-0.2, 0) is 18.2 Å². The molecule has 2 aromatic rings. The summed E-state index contributed by atoms with van der Waals surface area (Å²) < 4.78 is 20.2. The molecular weight excluding hydrogens is 297 g/mol. The average Bonchev–Trinajstić information content (AvgIpc) is 2.83. The number of carbonyl (C=O) groups is 1. The van der Waals surface area contributed by atoms with E-state index in [0.29, 0.717) is 32.0 Å². The van der Waals surface area contributed by atoms with Crippen LogP contribution in [0.3, 0.4) is 0 Å². The lowest BCUT2D eigenvalue weighted by atomic mass is 9.99. The van der Waals surface area contributed by atoms with Crippen molar-refractivity contribution in [2.45, 2.75) is 6.42 Å². The zero-order chi connectivity index (χ0) is 16.2. The maximum Gasteiger partial charge on any atom is 0.272 e. The molecule has 1 saturated heterocycles. The van der Waals surface area contributed by atoms with Gasteiger partial charge < -0.3 is 9.64 Å². The molecule has 0 bridgehead atoms. The summed E-state index contributed by atoms with van der Waals surface area (Å²) in [5.41, 5.74) is 1.63. The molecule has 1 aromatic carbocycles. The molecule has 0 radical (unpaired) electrons. The van der Waals surface area contributed by atoms with Crippen LogP contribution in [-0.4, -0.2) is 46.9 Å². The summed E-state index contributed by atoms with van der Waals surface area (Å²) in [5, 5.41) is 4.05. The van der Waals surface area contributed by atoms with Gasteiger partial charge in [-0.15, -0.1) is 0 Å². The Kier molecular flexibility index (Phi) is 4.71. The van der Waals surface area contributed by atoms with Crippen LogP contribution in [0.1, 0.15) is 16.1 Å². The van der Waals surface area contributed by atoms with Crippen LogP contribution in [0.25, 0.3) is 0 Å². The van der Waals surface area contributed by atoms with Crippen LogP contribution in [0.15, 0.2) is 36.5 Å². The van der Waals surface area contributed by atoms with Crippen molar-refractivity contribution in [2.24, 2.45) is 13.0 Å². The minimum absolute atomic E-state index is 0.0281. The third kappa shape index (κ3) is 3.76. The fraction of sp³-hybridized carbons (Fsp3) is 0.412. The first-order chi connectivity index (χ1) is 11.1.